The molecule has 13 heteroatoms. The quantitative estimate of drug-likeness (QED) is 0.518. The van der Waals surface area contributed by atoms with Crippen LogP contribution in [0.25, 0.3) is 0 Å². The zero-order chi connectivity index (χ0) is 24.3. The number of hydrogen-bond acceptors (Lipinski definition) is 7. The number of benzene rings is 1. The Morgan fingerprint density at radius 2 is 2.06 bits per heavy atom. The van der Waals surface area contributed by atoms with E-state index in [2.05, 4.69) is 14.8 Å². The topological polar surface area (TPSA) is 122 Å². The van der Waals surface area contributed by atoms with Gasteiger partial charge in [0, 0.05) is 19.5 Å². The van der Waals surface area contributed by atoms with Gasteiger partial charge in [0.2, 0.25) is 15.9 Å². The third-order valence-corrected chi connectivity index (χ3v) is 7.83. The number of nitrogens with zero attached hydrogens (tertiary/aromatic N) is 1. The van der Waals surface area contributed by atoms with E-state index in [1.54, 1.807) is 0 Å². The molecule has 1 aromatic heterocycles. The second kappa shape index (κ2) is 10.2. The molecule has 2 N–H and O–H groups in total. The monoisotopic (exact) mass is 517 g/mol. The van der Waals surface area contributed by atoms with Crippen LogP contribution in [-0.2, 0) is 24.3 Å². The first-order valence-electron chi connectivity index (χ1n) is 9.77. The van der Waals surface area contributed by atoms with Crippen molar-refractivity contribution in [2.75, 3.05) is 25.1 Å². The van der Waals surface area contributed by atoms with Crippen LogP contribution in [0.5, 0.6) is 0 Å². The van der Waals surface area contributed by atoms with E-state index in [-0.39, 0.29) is 28.5 Å². The highest BCUT2D eigenvalue weighted by molar-refractivity contribution is 7.89. The summed E-state index contributed by atoms with van der Waals surface area (Å²) in [7, 11) is -3.38. The van der Waals surface area contributed by atoms with E-state index < -0.39 is 45.2 Å². The number of nitrogens with one attached hydrogen (secondary N) is 2. The van der Waals surface area contributed by atoms with E-state index in [9.17, 15) is 27.2 Å². The van der Waals surface area contributed by atoms with Crippen LogP contribution in [0.3, 0.4) is 0 Å². The Labute approximate surface area is 198 Å². The number of ether oxygens (including phenoxy) is 1. The molecule has 1 saturated heterocycles. The van der Waals surface area contributed by atoms with Crippen molar-refractivity contribution in [2.45, 2.75) is 30.7 Å². The zero-order valence-corrected chi connectivity index (χ0v) is 20.1. The molecule has 0 radical (unpaired) electrons. The summed E-state index contributed by atoms with van der Waals surface area (Å²) in [6.07, 6.45) is 0.866. The number of sulfonamides is 1. The number of hydrogen-bond donors (Lipinski definition) is 2. The van der Waals surface area contributed by atoms with Gasteiger partial charge in [0.05, 0.1) is 26.9 Å². The van der Waals surface area contributed by atoms with Gasteiger partial charge in [-0.2, -0.15) is 4.72 Å². The normalized spacial score (nSPS) is 14.9. The van der Waals surface area contributed by atoms with Crippen molar-refractivity contribution < 1.29 is 31.9 Å². The van der Waals surface area contributed by atoms with Gasteiger partial charge in [0.1, 0.15) is 11.9 Å². The van der Waals surface area contributed by atoms with Crippen molar-refractivity contribution in [2.24, 2.45) is 0 Å². The van der Waals surface area contributed by atoms with Gasteiger partial charge in [-0.3, -0.25) is 14.4 Å². The van der Waals surface area contributed by atoms with E-state index in [4.69, 9.17) is 11.6 Å². The molecule has 1 aliphatic heterocycles. The molecule has 0 spiro atoms. The minimum absolute atomic E-state index is 0.148. The average molecular weight is 518 g/mol. The lowest BCUT2D eigenvalue weighted by Gasteiger charge is -2.22. The summed E-state index contributed by atoms with van der Waals surface area (Å²) in [4.78, 5) is 37.7. The van der Waals surface area contributed by atoms with E-state index >= 15 is 0 Å². The fourth-order valence-electron chi connectivity index (χ4n) is 3.39. The molecule has 2 amide bonds. The highest BCUT2D eigenvalue weighted by Gasteiger charge is 2.31. The van der Waals surface area contributed by atoms with Crippen LogP contribution in [0.15, 0.2) is 29.2 Å². The van der Waals surface area contributed by atoms with Gasteiger partial charge >= 0.3 is 5.97 Å². The highest BCUT2D eigenvalue weighted by atomic mass is 35.5. The summed E-state index contributed by atoms with van der Waals surface area (Å²) in [5.74, 6) is -2.60. The first-order valence-corrected chi connectivity index (χ1v) is 12.5. The second-order valence-electron chi connectivity index (χ2n) is 7.21. The van der Waals surface area contributed by atoms with E-state index in [0.717, 1.165) is 30.6 Å². The molecule has 0 aliphatic carbocycles. The minimum Gasteiger partial charge on any atom is -0.468 e. The number of methoxy groups -OCH3 is 1. The van der Waals surface area contributed by atoms with E-state index in [1.807, 2.05) is 0 Å². The number of amides is 2. The van der Waals surface area contributed by atoms with Gasteiger partial charge in [-0.1, -0.05) is 11.6 Å². The van der Waals surface area contributed by atoms with Gasteiger partial charge < -0.3 is 15.0 Å². The minimum atomic E-state index is -4.44. The van der Waals surface area contributed by atoms with E-state index in [1.165, 1.54) is 24.0 Å². The van der Waals surface area contributed by atoms with E-state index in [0.29, 0.717) is 17.3 Å². The molecule has 178 valence electrons. The third kappa shape index (κ3) is 5.69. The Morgan fingerprint density at radius 1 is 1.33 bits per heavy atom. The average Bonchev–Trinajstić information content (AvgIpc) is 3.39. The van der Waals surface area contributed by atoms with Gasteiger partial charge in [0.15, 0.2) is 0 Å². The van der Waals surface area contributed by atoms with Crippen LogP contribution in [0.4, 0.5) is 10.1 Å². The predicted molar refractivity (Wildman–Crippen MR) is 121 cm³/mol. The summed E-state index contributed by atoms with van der Waals surface area (Å²) >= 11 is 6.82. The Balaban J connectivity index is 1.85. The molecule has 33 heavy (non-hydrogen) atoms. The van der Waals surface area contributed by atoms with Crippen LogP contribution in [0, 0.1) is 12.7 Å². The lowest BCUT2D eigenvalue weighted by atomic mass is 10.2. The van der Waals surface area contributed by atoms with Crippen molar-refractivity contribution in [3.8, 4) is 0 Å². The molecule has 1 fully saturated rings. The van der Waals surface area contributed by atoms with Gasteiger partial charge in [-0.25, -0.2) is 12.8 Å². The van der Waals surface area contributed by atoms with Crippen molar-refractivity contribution in [1.82, 2.24) is 10.0 Å². The third-order valence-electron chi connectivity index (χ3n) is 5.00. The van der Waals surface area contributed by atoms with Gasteiger partial charge in [-0.15, -0.1) is 11.3 Å². The summed E-state index contributed by atoms with van der Waals surface area (Å²) in [6.45, 7) is 1.37. The first-order chi connectivity index (χ1) is 15.5. The molecule has 1 atom stereocenters. The molecule has 2 heterocycles. The van der Waals surface area contributed by atoms with Crippen LogP contribution in [-0.4, -0.2) is 52.4 Å². The van der Waals surface area contributed by atoms with Gasteiger partial charge in [0.25, 0.3) is 5.91 Å². The number of rotatable bonds is 8. The number of anilines is 1. The number of esters is 1. The fraction of sp³-hybridized carbons (Fsp3) is 0.350. The van der Waals surface area contributed by atoms with Crippen LogP contribution in [0.2, 0.25) is 4.34 Å². The second-order valence-corrected chi connectivity index (χ2v) is 10.6. The summed E-state index contributed by atoms with van der Waals surface area (Å²) in [5, 5.41) is 2.45. The van der Waals surface area contributed by atoms with Crippen LogP contribution < -0.4 is 14.9 Å². The molecular weight excluding hydrogens is 497 g/mol. The lowest BCUT2D eigenvalue weighted by molar-refractivity contribution is -0.142. The Bertz CT molecular complexity index is 1200. The molecular formula is C20H21ClFN3O6S2. The maximum absolute atomic E-state index is 14.3. The Hall–Kier alpha value is -2.54. The fourth-order valence-corrected chi connectivity index (χ4v) is 5.80. The Kier molecular flexibility index (Phi) is 7.73. The van der Waals surface area contributed by atoms with Crippen LogP contribution >= 0.6 is 22.9 Å². The summed E-state index contributed by atoms with van der Waals surface area (Å²) in [6, 6.07) is 3.43. The summed E-state index contributed by atoms with van der Waals surface area (Å²) < 4.78 is 47.7. The predicted octanol–water partition coefficient (Wildman–Crippen LogP) is 2.23. The Morgan fingerprint density at radius 3 is 2.64 bits per heavy atom. The number of carbonyl (C=O) groups is 3. The molecule has 1 aliphatic rings. The van der Waals surface area contributed by atoms with Crippen molar-refractivity contribution in [1.29, 1.82) is 0 Å². The van der Waals surface area contributed by atoms with Crippen LogP contribution in [0.1, 0.15) is 28.1 Å². The highest BCUT2D eigenvalue weighted by Crippen LogP contribution is 2.31. The molecule has 1 aromatic carbocycles. The largest absolute Gasteiger partial charge is 0.468 e. The lowest BCUT2D eigenvalue weighted by Crippen LogP contribution is -2.49. The number of carbonyl (C=O) groups excluding carboxylic acids is 3. The SMILES string of the molecule is COC(=O)[C@H](CNC(=O)c1ccc(Cl)s1)NS(=O)(=O)c1cc(F)cc(N2CCCC2=O)c1C. The number of thiophene rings is 1. The molecule has 0 unspecified atom stereocenters. The van der Waals surface area contributed by atoms with Crippen molar-refractivity contribution >= 4 is 56.4 Å². The zero-order valence-electron chi connectivity index (χ0n) is 17.7. The maximum atomic E-state index is 14.3. The molecule has 0 saturated carbocycles. The standard InChI is InChI=1S/C20H21ClFN3O6S2/c1-11-14(25-7-3-4-18(25)26)8-12(22)9-16(11)33(29,30)24-13(20(28)31-2)10-23-19(27)15-5-6-17(21)32-15/h5-6,8-9,13,24H,3-4,7,10H2,1-2H3,(H,23,27)/t13-/m0/s1. The van der Waals surface area contributed by atoms with Crippen molar-refractivity contribution in [3.63, 3.8) is 0 Å². The maximum Gasteiger partial charge on any atom is 0.325 e. The molecule has 9 nitrogen and oxygen atoms in total. The molecule has 0 bridgehead atoms. The summed E-state index contributed by atoms with van der Waals surface area (Å²) in [5.41, 5.74) is 0.301. The molecule has 2 aromatic rings. The number of halogens is 2. The van der Waals surface area contributed by atoms with Crippen molar-refractivity contribution in [3.05, 3.63) is 44.9 Å². The van der Waals surface area contributed by atoms with Gasteiger partial charge in [-0.05, 0) is 43.2 Å². The smallest absolute Gasteiger partial charge is 0.325 e. The first kappa shape index (κ1) is 25.1. The molecule has 3 rings (SSSR count).